The molecule has 6 aromatic carbocycles. The topological polar surface area (TPSA) is 86.3 Å². The number of phenolic OH excluding ortho intramolecular Hbond substituents is 2. The minimum absolute atomic E-state index is 0.204. The van der Waals surface area contributed by atoms with Crippen LogP contribution in [-0.4, -0.2) is 22.0 Å². The van der Waals surface area contributed by atoms with Crippen LogP contribution in [0, 0.1) is 0 Å². The quantitative estimate of drug-likeness (QED) is 0.0492. The minimum atomic E-state index is 0.204. The number of rotatable bonds is 12. The largest absolute Gasteiger partial charge is 0.508 e. The van der Waals surface area contributed by atoms with E-state index < -0.39 is 0 Å². The van der Waals surface area contributed by atoms with E-state index in [1.54, 1.807) is 41.3 Å². The Morgan fingerprint density at radius 2 is 1.49 bits per heavy atom. The van der Waals surface area contributed by atoms with Crippen LogP contribution in [0.4, 0.5) is 5.69 Å². The van der Waals surface area contributed by atoms with Crippen molar-refractivity contribution >= 4 is 78.7 Å². The van der Waals surface area contributed by atoms with Crippen molar-refractivity contribution < 1.29 is 29.4 Å². The fraction of sp³-hybridized carbons (Fsp3) is 0.140. The normalized spacial score (nSPS) is 13.9. The van der Waals surface area contributed by atoms with Gasteiger partial charge in [0.05, 0.1) is 22.8 Å². The first-order chi connectivity index (χ1) is 26.0. The smallest absolute Gasteiger partial charge is 0.263 e. The highest BCUT2D eigenvalue weighted by Gasteiger charge is 2.27. The highest BCUT2D eigenvalue weighted by Crippen LogP contribution is 2.48. The van der Waals surface area contributed by atoms with Crippen LogP contribution in [0.3, 0.4) is 0 Å². The van der Waals surface area contributed by atoms with Crippen molar-refractivity contribution in [2.45, 2.75) is 42.5 Å². The number of anilines is 1. The average Bonchev–Trinajstić information content (AvgIpc) is 3.69. The van der Waals surface area contributed by atoms with Crippen molar-refractivity contribution in [1.82, 2.24) is 0 Å². The standard InChI is InChI=1S/C43H36N2O5S3/c1-2-28(21-42-44(19-17-29-9-7-8-14-38(29)46)36-24-30-10-3-5-12-32(30)26-40(36)51-42)22-43-45(20-18-34-23-35(53-50-49-48)15-16-39(34)47)37-25-31-11-4-6-13-33(31)27-41(37)52-43/h3-16,21-27H,2,17-20H2,1H3,(H2-,46,47,48)/p+1. The van der Waals surface area contributed by atoms with Crippen LogP contribution < -0.4 is 9.47 Å². The third kappa shape index (κ3) is 7.52. The fourth-order valence-corrected chi connectivity index (χ4v) is 9.68. The van der Waals surface area contributed by atoms with E-state index in [9.17, 15) is 10.2 Å². The van der Waals surface area contributed by atoms with Crippen LogP contribution in [0.25, 0.3) is 37.8 Å². The zero-order valence-corrected chi connectivity index (χ0v) is 31.4. The Labute approximate surface area is 320 Å². The summed E-state index contributed by atoms with van der Waals surface area (Å²) in [6.07, 6.45) is 6.74. The van der Waals surface area contributed by atoms with Crippen LogP contribution >= 0.6 is 35.1 Å². The van der Waals surface area contributed by atoms with Gasteiger partial charge in [0.25, 0.3) is 5.01 Å². The Balaban J connectivity index is 1.18. The monoisotopic (exact) mass is 757 g/mol. The number of para-hydroxylation sites is 1. The first-order valence-corrected chi connectivity index (χ1v) is 19.8. The molecule has 1 aliphatic rings. The number of aromatic hydroxyl groups is 2. The second-order valence-corrected chi connectivity index (χ2v) is 15.8. The molecule has 0 spiro atoms. The SMILES string of the molecule is CCC(=Cc1sc2cc3ccccc3cc2[n+]1CCc1ccccc1O)C=C1Sc2cc3ccccc3cc2N1CCc1cc(SOOO)ccc1O. The van der Waals surface area contributed by atoms with Crippen LogP contribution in [-0.2, 0) is 28.8 Å². The Bertz CT molecular complexity index is 2530. The Kier molecular flexibility index (Phi) is 10.4. The number of phenols is 2. The first kappa shape index (κ1) is 35.2. The van der Waals surface area contributed by atoms with Gasteiger partial charge in [0.15, 0.2) is 6.54 Å². The molecule has 7 aromatic rings. The molecule has 2 heterocycles. The molecule has 0 atom stereocenters. The van der Waals surface area contributed by atoms with Gasteiger partial charge in [-0.15, -0.1) is 4.33 Å². The summed E-state index contributed by atoms with van der Waals surface area (Å²) < 4.78 is 8.26. The summed E-state index contributed by atoms with van der Waals surface area (Å²) in [6.45, 7) is 3.56. The maximum atomic E-state index is 10.8. The lowest BCUT2D eigenvalue weighted by molar-refractivity contribution is -0.668. The second kappa shape index (κ2) is 15.7. The number of allylic oxidation sites excluding steroid dienone is 2. The molecule has 0 radical (unpaired) electrons. The molecular weight excluding hydrogens is 721 g/mol. The van der Waals surface area contributed by atoms with Gasteiger partial charge in [0, 0.05) is 40.5 Å². The van der Waals surface area contributed by atoms with Crippen molar-refractivity contribution in [3.8, 4) is 11.5 Å². The summed E-state index contributed by atoms with van der Waals surface area (Å²) in [6, 6.07) is 38.8. The van der Waals surface area contributed by atoms with Crippen LogP contribution in [0.15, 0.2) is 142 Å². The zero-order valence-electron chi connectivity index (χ0n) is 28.9. The summed E-state index contributed by atoms with van der Waals surface area (Å²) in [4.78, 5) is 4.25. The average molecular weight is 758 g/mol. The number of aryl methyl sites for hydroxylation is 2. The number of thiazole rings is 1. The lowest BCUT2D eigenvalue weighted by Gasteiger charge is -2.22. The third-order valence-corrected chi connectivity index (χ3v) is 12.4. The lowest BCUT2D eigenvalue weighted by Crippen LogP contribution is -2.36. The van der Waals surface area contributed by atoms with Gasteiger partial charge >= 0.3 is 0 Å². The molecule has 266 valence electrons. The van der Waals surface area contributed by atoms with Gasteiger partial charge in [-0.25, -0.2) is 5.26 Å². The van der Waals surface area contributed by atoms with E-state index in [-0.39, 0.29) is 5.75 Å². The molecule has 1 aliphatic heterocycles. The Morgan fingerprint density at radius 3 is 2.25 bits per heavy atom. The highest BCUT2D eigenvalue weighted by molar-refractivity contribution is 8.03. The molecule has 0 unspecified atom stereocenters. The van der Waals surface area contributed by atoms with Crippen molar-refractivity contribution in [2.75, 3.05) is 11.4 Å². The summed E-state index contributed by atoms with van der Waals surface area (Å²) in [5, 5.41) is 40.8. The van der Waals surface area contributed by atoms with Gasteiger partial charge in [-0.2, -0.15) is 4.57 Å². The molecule has 0 amide bonds. The summed E-state index contributed by atoms with van der Waals surface area (Å²) in [5.74, 6) is 0.529. The number of benzene rings is 6. The number of aromatic nitrogens is 1. The van der Waals surface area contributed by atoms with E-state index in [2.05, 4.69) is 111 Å². The molecule has 0 saturated heterocycles. The molecule has 0 fully saturated rings. The van der Waals surface area contributed by atoms with E-state index in [1.807, 2.05) is 24.3 Å². The molecule has 1 aromatic heterocycles. The number of hydrogen-bond acceptors (Lipinski definition) is 9. The van der Waals surface area contributed by atoms with E-state index in [4.69, 9.17) is 5.26 Å². The molecule has 0 saturated carbocycles. The minimum Gasteiger partial charge on any atom is -0.508 e. The molecular formula is C43H37N2O5S3+. The van der Waals surface area contributed by atoms with Crippen LogP contribution in [0.1, 0.15) is 29.5 Å². The maximum Gasteiger partial charge on any atom is 0.263 e. The third-order valence-electron chi connectivity index (χ3n) is 9.64. The number of thioether (sulfide) groups is 1. The van der Waals surface area contributed by atoms with Crippen molar-refractivity contribution in [3.63, 3.8) is 0 Å². The van der Waals surface area contributed by atoms with Crippen LogP contribution in [0.5, 0.6) is 11.5 Å². The molecule has 0 bridgehead atoms. The van der Waals surface area contributed by atoms with E-state index in [0.717, 1.165) is 51.9 Å². The van der Waals surface area contributed by atoms with Crippen molar-refractivity contribution in [2.24, 2.45) is 0 Å². The molecule has 53 heavy (non-hydrogen) atoms. The van der Waals surface area contributed by atoms with Gasteiger partial charge in [-0.3, -0.25) is 0 Å². The predicted molar refractivity (Wildman–Crippen MR) is 217 cm³/mol. The van der Waals surface area contributed by atoms with Gasteiger partial charge in [-0.1, -0.05) is 102 Å². The van der Waals surface area contributed by atoms with E-state index in [1.165, 1.54) is 42.2 Å². The zero-order chi connectivity index (χ0) is 36.3. The predicted octanol–water partition coefficient (Wildman–Crippen LogP) is 11.1. The summed E-state index contributed by atoms with van der Waals surface area (Å²) in [7, 11) is 0. The molecule has 7 nitrogen and oxygen atoms in total. The van der Waals surface area contributed by atoms with E-state index in [0.29, 0.717) is 30.0 Å². The summed E-state index contributed by atoms with van der Waals surface area (Å²) in [5.41, 5.74) is 5.23. The number of hydrogen-bond donors (Lipinski definition) is 3. The highest BCUT2D eigenvalue weighted by atomic mass is 32.2. The summed E-state index contributed by atoms with van der Waals surface area (Å²) >= 11 is 4.44. The fourth-order valence-electron chi connectivity index (χ4n) is 6.87. The number of fused-ring (bicyclic) bond motifs is 4. The first-order valence-electron chi connectivity index (χ1n) is 17.5. The Hall–Kier alpha value is -4.81. The Morgan fingerprint density at radius 1 is 0.792 bits per heavy atom. The molecule has 10 heteroatoms. The molecule has 8 rings (SSSR count). The molecule has 0 aliphatic carbocycles. The maximum absolute atomic E-state index is 10.8. The van der Waals surface area contributed by atoms with Crippen LogP contribution in [0.2, 0.25) is 0 Å². The van der Waals surface area contributed by atoms with Crippen molar-refractivity contribution in [1.29, 1.82) is 0 Å². The molecule has 3 N–H and O–H groups in total. The number of nitrogens with zero attached hydrogens (tertiary/aromatic N) is 2. The lowest BCUT2D eigenvalue weighted by atomic mass is 10.1. The van der Waals surface area contributed by atoms with Gasteiger partial charge < -0.3 is 15.1 Å². The van der Waals surface area contributed by atoms with Gasteiger partial charge in [0.2, 0.25) is 5.52 Å². The van der Waals surface area contributed by atoms with Crippen molar-refractivity contribution in [3.05, 3.63) is 148 Å². The van der Waals surface area contributed by atoms with Gasteiger partial charge in [0.1, 0.15) is 16.2 Å². The second-order valence-electron chi connectivity index (χ2n) is 12.9. The van der Waals surface area contributed by atoms with E-state index >= 15 is 0 Å². The van der Waals surface area contributed by atoms with Gasteiger partial charge in [-0.05, 0) is 94.1 Å².